The highest BCUT2D eigenvalue weighted by Gasteiger charge is 2.28. The molecule has 1 fully saturated rings. The average molecular weight is 364 g/mol. The van der Waals surface area contributed by atoms with E-state index in [2.05, 4.69) is 46.7 Å². The van der Waals surface area contributed by atoms with Crippen LogP contribution in [0.5, 0.6) is 5.75 Å². The molecule has 1 saturated heterocycles. The lowest BCUT2D eigenvalue weighted by Crippen LogP contribution is -2.45. The number of rotatable bonds is 3. The van der Waals surface area contributed by atoms with Crippen molar-refractivity contribution in [3.05, 3.63) is 42.4 Å². The Morgan fingerprint density at radius 2 is 1.89 bits per heavy atom. The number of pyridine rings is 2. The molecule has 3 aromatic heterocycles. The third-order valence-corrected chi connectivity index (χ3v) is 5.68. The molecule has 4 heterocycles. The van der Waals surface area contributed by atoms with E-state index in [1.54, 1.807) is 13.3 Å². The van der Waals surface area contributed by atoms with Crippen LogP contribution < -0.4 is 4.74 Å². The summed E-state index contributed by atoms with van der Waals surface area (Å²) in [4.78, 5) is 15.3. The molecule has 142 valence electrons. The minimum Gasteiger partial charge on any atom is -0.494 e. The van der Waals surface area contributed by atoms with Gasteiger partial charge in [-0.2, -0.15) is 0 Å². The zero-order chi connectivity index (χ0) is 19.0. The normalized spacial score (nSPS) is 16.7. The number of nitrogens with one attached hydrogen (secondary N) is 1. The van der Waals surface area contributed by atoms with Crippen LogP contribution in [-0.2, 0) is 0 Å². The molecule has 5 heteroatoms. The number of likely N-dealkylation sites (tertiary alicyclic amines) is 1. The minimum absolute atomic E-state index is 0.246. The van der Waals surface area contributed by atoms with E-state index in [1.165, 1.54) is 18.5 Å². The fourth-order valence-electron chi connectivity index (χ4n) is 4.09. The van der Waals surface area contributed by atoms with Gasteiger partial charge in [0.05, 0.1) is 7.11 Å². The van der Waals surface area contributed by atoms with E-state index in [0.29, 0.717) is 5.92 Å². The lowest BCUT2D eigenvalue weighted by atomic mass is 9.90. The van der Waals surface area contributed by atoms with Gasteiger partial charge in [-0.15, -0.1) is 0 Å². The first-order chi connectivity index (χ1) is 13.0. The number of hydrogen-bond donors (Lipinski definition) is 1. The summed E-state index contributed by atoms with van der Waals surface area (Å²) in [6, 6.07) is 8.13. The quantitative estimate of drug-likeness (QED) is 0.737. The van der Waals surface area contributed by atoms with Gasteiger partial charge in [0.2, 0.25) is 0 Å². The number of aromatic nitrogens is 3. The largest absolute Gasteiger partial charge is 0.494 e. The van der Waals surface area contributed by atoms with Gasteiger partial charge < -0.3 is 9.72 Å². The lowest BCUT2D eigenvalue weighted by Gasteiger charge is -2.40. The van der Waals surface area contributed by atoms with Gasteiger partial charge in [-0.05, 0) is 71.0 Å². The molecular formula is C22H28N4O. The number of methoxy groups -OCH3 is 1. The SMILES string of the molecule is COc1cccnc1-c1ccnc2[nH]c(C3CCN(C(C)(C)C)CC3)cc12. The van der Waals surface area contributed by atoms with Crippen molar-refractivity contribution < 1.29 is 4.74 Å². The van der Waals surface area contributed by atoms with E-state index in [0.717, 1.165) is 41.1 Å². The number of piperidine rings is 1. The zero-order valence-corrected chi connectivity index (χ0v) is 16.6. The molecule has 0 unspecified atom stereocenters. The monoisotopic (exact) mass is 364 g/mol. The Balaban J connectivity index is 1.66. The van der Waals surface area contributed by atoms with Gasteiger partial charge >= 0.3 is 0 Å². The van der Waals surface area contributed by atoms with Crippen LogP contribution in [-0.4, -0.2) is 45.6 Å². The molecule has 0 amide bonds. The summed E-state index contributed by atoms with van der Waals surface area (Å²) >= 11 is 0. The summed E-state index contributed by atoms with van der Waals surface area (Å²) < 4.78 is 5.52. The summed E-state index contributed by atoms with van der Waals surface area (Å²) in [5.41, 5.74) is 4.38. The standard InChI is InChI=1S/C22H28N4O/c1-22(2,3)26-12-8-15(9-13-26)18-14-17-16(7-11-24-21(17)25-18)20-19(27-4)6-5-10-23-20/h5-7,10-11,14-15H,8-9,12-13H2,1-4H3,(H,24,25). The van der Waals surface area contributed by atoms with Crippen molar-refractivity contribution in [2.75, 3.05) is 20.2 Å². The van der Waals surface area contributed by atoms with E-state index in [1.807, 2.05) is 24.4 Å². The van der Waals surface area contributed by atoms with E-state index in [4.69, 9.17) is 4.74 Å². The summed E-state index contributed by atoms with van der Waals surface area (Å²) in [7, 11) is 1.68. The Bertz CT molecular complexity index is 933. The van der Waals surface area contributed by atoms with Crippen LogP contribution in [0.3, 0.4) is 0 Å². The summed E-state index contributed by atoms with van der Waals surface area (Å²) in [6.45, 7) is 9.17. The number of fused-ring (bicyclic) bond motifs is 1. The van der Waals surface area contributed by atoms with Gasteiger partial charge in [0.25, 0.3) is 0 Å². The van der Waals surface area contributed by atoms with Gasteiger partial charge in [-0.1, -0.05) is 0 Å². The number of nitrogens with zero attached hydrogens (tertiary/aromatic N) is 3. The highest BCUT2D eigenvalue weighted by atomic mass is 16.5. The topological polar surface area (TPSA) is 54.0 Å². The molecule has 0 radical (unpaired) electrons. The number of ether oxygens (including phenoxy) is 1. The maximum atomic E-state index is 5.52. The molecule has 27 heavy (non-hydrogen) atoms. The first-order valence-corrected chi connectivity index (χ1v) is 9.69. The van der Waals surface area contributed by atoms with Crippen LogP contribution in [0.25, 0.3) is 22.3 Å². The van der Waals surface area contributed by atoms with Gasteiger partial charge in [0.15, 0.2) is 0 Å². The molecule has 0 aliphatic carbocycles. The fraction of sp³-hybridized carbons (Fsp3) is 0.455. The van der Waals surface area contributed by atoms with Crippen LogP contribution in [0.1, 0.15) is 45.2 Å². The molecule has 1 aliphatic heterocycles. The van der Waals surface area contributed by atoms with Crippen molar-refractivity contribution >= 4 is 11.0 Å². The van der Waals surface area contributed by atoms with Crippen molar-refractivity contribution in [3.63, 3.8) is 0 Å². The maximum absolute atomic E-state index is 5.52. The molecule has 0 aromatic carbocycles. The smallest absolute Gasteiger partial charge is 0.145 e. The minimum atomic E-state index is 0.246. The lowest BCUT2D eigenvalue weighted by molar-refractivity contribution is 0.102. The molecule has 3 aromatic rings. The highest BCUT2D eigenvalue weighted by molar-refractivity contribution is 5.93. The first-order valence-electron chi connectivity index (χ1n) is 9.69. The van der Waals surface area contributed by atoms with Crippen molar-refractivity contribution in [2.24, 2.45) is 0 Å². The second-order valence-corrected chi connectivity index (χ2v) is 8.33. The Kier molecular flexibility index (Phi) is 4.64. The Morgan fingerprint density at radius 1 is 1.11 bits per heavy atom. The van der Waals surface area contributed by atoms with Crippen molar-refractivity contribution in [1.29, 1.82) is 0 Å². The average Bonchev–Trinajstić information content (AvgIpc) is 3.12. The molecule has 1 aliphatic rings. The summed E-state index contributed by atoms with van der Waals surface area (Å²) in [5, 5.41) is 1.11. The molecule has 1 N–H and O–H groups in total. The van der Waals surface area contributed by atoms with E-state index >= 15 is 0 Å². The van der Waals surface area contributed by atoms with Gasteiger partial charge in [-0.25, -0.2) is 4.98 Å². The Hall–Kier alpha value is -2.40. The molecular weight excluding hydrogens is 336 g/mol. The van der Waals surface area contributed by atoms with Gasteiger partial charge in [-0.3, -0.25) is 9.88 Å². The Labute approximate surface area is 160 Å². The predicted molar refractivity (Wildman–Crippen MR) is 109 cm³/mol. The van der Waals surface area contributed by atoms with Crippen LogP contribution in [0.2, 0.25) is 0 Å². The molecule has 0 atom stereocenters. The fourth-order valence-corrected chi connectivity index (χ4v) is 4.09. The van der Waals surface area contributed by atoms with Crippen LogP contribution in [0.15, 0.2) is 36.7 Å². The highest BCUT2D eigenvalue weighted by Crippen LogP contribution is 2.36. The Morgan fingerprint density at radius 3 is 2.59 bits per heavy atom. The maximum Gasteiger partial charge on any atom is 0.145 e. The molecule has 4 rings (SSSR count). The number of aromatic amines is 1. The second kappa shape index (κ2) is 6.97. The van der Waals surface area contributed by atoms with Crippen molar-refractivity contribution in [1.82, 2.24) is 19.9 Å². The van der Waals surface area contributed by atoms with E-state index in [9.17, 15) is 0 Å². The zero-order valence-electron chi connectivity index (χ0n) is 16.6. The van der Waals surface area contributed by atoms with Crippen molar-refractivity contribution in [3.8, 4) is 17.0 Å². The summed E-state index contributed by atoms with van der Waals surface area (Å²) in [5.74, 6) is 1.34. The molecule has 0 spiro atoms. The summed E-state index contributed by atoms with van der Waals surface area (Å²) in [6.07, 6.45) is 5.99. The second-order valence-electron chi connectivity index (χ2n) is 8.33. The first kappa shape index (κ1) is 18.0. The van der Waals surface area contributed by atoms with E-state index < -0.39 is 0 Å². The third kappa shape index (κ3) is 3.44. The predicted octanol–water partition coefficient (Wildman–Crippen LogP) is 4.61. The van der Waals surface area contributed by atoms with E-state index in [-0.39, 0.29) is 5.54 Å². The van der Waals surface area contributed by atoms with Crippen molar-refractivity contribution in [2.45, 2.75) is 45.1 Å². The van der Waals surface area contributed by atoms with Crippen LogP contribution in [0, 0.1) is 0 Å². The molecule has 0 bridgehead atoms. The van der Waals surface area contributed by atoms with Gasteiger partial charge in [0.1, 0.15) is 17.1 Å². The van der Waals surface area contributed by atoms with Gasteiger partial charge in [0, 0.05) is 40.5 Å². The molecule has 5 nitrogen and oxygen atoms in total. The van der Waals surface area contributed by atoms with Crippen LogP contribution >= 0.6 is 0 Å². The van der Waals surface area contributed by atoms with Crippen LogP contribution in [0.4, 0.5) is 0 Å². The molecule has 0 saturated carbocycles. The third-order valence-electron chi connectivity index (χ3n) is 5.68. The number of hydrogen-bond acceptors (Lipinski definition) is 4. The number of H-pyrrole nitrogens is 1.